The van der Waals surface area contributed by atoms with Gasteiger partial charge in [-0.1, -0.05) is 6.92 Å². The standard InChI is InChI=1S/C11H19N5O/c1-5-6-12-11-13-8(2)7-9(14-11)10(17)15-16(3)4/h7H,5-6H2,1-4H3,(H,15,17)(H,12,13,14). The fourth-order valence-electron chi connectivity index (χ4n) is 1.26. The summed E-state index contributed by atoms with van der Waals surface area (Å²) >= 11 is 0. The Morgan fingerprint density at radius 2 is 2.12 bits per heavy atom. The van der Waals surface area contributed by atoms with Crippen molar-refractivity contribution in [2.24, 2.45) is 0 Å². The average molecular weight is 237 g/mol. The molecular formula is C11H19N5O. The molecule has 0 bridgehead atoms. The number of rotatable bonds is 5. The normalized spacial score (nSPS) is 10.4. The van der Waals surface area contributed by atoms with Crippen molar-refractivity contribution >= 4 is 11.9 Å². The summed E-state index contributed by atoms with van der Waals surface area (Å²) in [6, 6.07) is 1.66. The van der Waals surface area contributed by atoms with Crippen molar-refractivity contribution in [2.75, 3.05) is 26.0 Å². The van der Waals surface area contributed by atoms with E-state index in [1.54, 1.807) is 25.2 Å². The highest BCUT2D eigenvalue weighted by Crippen LogP contribution is 2.05. The van der Waals surface area contributed by atoms with Gasteiger partial charge in [0.05, 0.1) is 0 Å². The van der Waals surface area contributed by atoms with Crippen molar-refractivity contribution in [3.63, 3.8) is 0 Å². The third-order valence-electron chi connectivity index (χ3n) is 1.95. The fourth-order valence-corrected chi connectivity index (χ4v) is 1.26. The summed E-state index contributed by atoms with van der Waals surface area (Å²) in [6.45, 7) is 4.69. The van der Waals surface area contributed by atoms with Crippen LogP contribution in [-0.2, 0) is 0 Å². The first kappa shape index (κ1) is 13.4. The number of hydrogen-bond donors (Lipinski definition) is 2. The minimum absolute atomic E-state index is 0.236. The zero-order chi connectivity index (χ0) is 12.8. The van der Waals surface area contributed by atoms with Crippen molar-refractivity contribution in [1.82, 2.24) is 20.4 Å². The smallest absolute Gasteiger partial charge is 0.284 e. The number of amides is 1. The predicted molar refractivity (Wildman–Crippen MR) is 66.7 cm³/mol. The fraction of sp³-hybridized carbons (Fsp3) is 0.545. The quantitative estimate of drug-likeness (QED) is 0.742. The number of hydrazine groups is 1. The molecule has 0 atom stereocenters. The molecule has 0 spiro atoms. The minimum Gasteiger partial charge on any atom is -0.354 e. The number of carbonyl (C=O) groups excluding carboxylic acids is 1. The first-order valence-corrected chi connectivity index (χ1v) is 5.60. The second-order valence-corrected chi connectivity index (χ2v) is 3.98. The maximum absolute atomic E-state index is 11.8. The summed E-state index contributed by atoms with van der Waals surface area (Å²) in [4.78, 5) is 20.1. The molecule has 0 aliphatic carbocycles. The van der Waals surface area contributed by atoms with E-state index in [1.165, 1.54) is 0 Å². The van der Waals surface area contributed by atoms with Gasteiger partial charge in [0, 0.05) is 26.3 Å². The number of hydrogen-bond acceptors (Lipinski definition) is 5. The lowest BCUT2D eigenvalue weighted by atomic mass is 10.3. The van der Waals surface area contributed by atoms with Gasteiger partial charge in [0.2, 0.25) is 5.95 Å². The molecular weight excluding hydrogens is 218 g/mol. The SMILES string of the molecule is CCCNc1nc(C)cc(C(=O)NN(C)C)n1. The Balaban J connectivity index is 2.84. The average Bonchev–Trinajstić information content (AvgIpc) is 2.24. The largest absolute Gasteiger partial charge is 0.354 e. The maximum Gasteiger partial charge on any atom is 0.284 e. The van der Waals surface area contributed by atoms with Gasteiger partial charge in [-0.15, -0.1) is 0 Å². The number of nitrogens with one attached hydrogen (secondary N) is 2. The van der Waals surface area contributed by atoms with E-state index in [9.17, 15) is 4.79 Å². The summed E-state index contributed by atoms with van der Waals surface area (Å²) < 4.78 is 0. The monoisotopic (exact) mass is 237 g/mol. The molecule has 1 amide bonds. The van der Waals surface area contributed by atoms with Crippen LogP contribution in [0.15, 0.2) is 6.07 Å². The van der Waals surface area contributed by atoms with Gasteiger partial charge in [-0.25, -0.2) is 15.0 Å². The summed E-state index contributed by atoms with van der Waals surface area (Å²) in [5.41, 5.74) is 3.78. The van der Waals surface area contributed by atoms with Gasteiger partial charge in [-0.05, 0) is 19.4 Å². The van der Waals surface area contributed by atoms with Crippen LogP contribution < -0.4 is 10.7 Å². The zero-order valence-electron chi connectivity index (χ0n) is 10.7. The molecule has 6 heteroatoms. The van der Waals surface area contributed by atoms with E-state index >= 15 is 0 Å². The van der Waals surface area contributed by atoms with E-state index in [4.69, 9.17) is 0 Å². The number of nitrogens with zero attached hydrogens (tertiary/aromatic N) is 3. The first-order valence-electron chi connectivity index (χ1n) is 5.60. The first-order chi connectivity index (χ1) is 8.02. The summed E-state index contributed by atoms with van der Waals surface area (Å²) in [5, 5.41) is 4.65. The van der Waals surface area contributed by atoms with Gasteiger partial charge in [0.25, 0.3) is 5.91 Å². The molecule has 6 nitrogen and oxygen atoms in total. The number of aryl methyl sites for hydroxylation is 1. The molecule has 0 aromatic carbocycles. The molecule has 0 aliphatic heterocycles. The molecule has 0 aliphatic rings. The van der Waals surface area contributed by atoms with Gasteiger partial charge in [-0.3, -0.25) is 10.2 Å². The highest BCUT2D eigenvalue weighted by Gasteiger charge is 2.10. The van der Waals surface area contributed by atoms with E-state index in [2.05, 4.69) is 27.6 Å². The minimum atomic E-state index is -0.236. The molecule has 0 fully saturated rings. The number of carbonyl (C=O) groups is 1. The molecule has 1 aromatic rings. The molecule has 94 valence electrons. The van der Waals surface area contributed by atoms with Gasteiger partial charge in [0.1, 0.15) is 5.69 Å². The molecule has 0 radical (unpaired) electrons. The highest BCUT2D eigenvalue weighted by molar-refractivity contribution is 5.92. The summed E-state index contributed by atoms with van der Waals surface area (Å²) in [5.74, 6) is 0.260. The van der Waals surface area contributed by atoms with E-state index in [0.29, 0.717) is 11.6 Å². The van der Waals surface area contributed by atoms with Gasteiger partial charge < -0.3 is 5.32 Å². The molecule has 1 heterocycles. The van der Waals surface area contributed by atoms with Crippen LogP contribution in [0.3, 0.4) is 0 Å². The van der Waals surface area contributed by atoms with E-state index in [-0.39, 0.29) is 5.91 Å². The molecule has 0 unspecified atom stereocenters. The van der Waals surface area contributed by atoms with Crippen LogP contribution >= 0.6 is 0 Å². The Hall–Kier alpha value is -1.69. The third kappa shape index (κ3) is 4.36. The molecule has 2 N–H and O–H groups in total. The van der Waals surface area contributed by atoms with Crippen molar-refractivity contribution < 1.29 is 4.79 Å². The van der Waals surface area contributed by atoms with Gasteiger partial charge >= 0.3 is 0 Å². The topological polar surface area (TPSA) is 70.2 Å². The number of anilines is 1. The second kappa shape index (κ2) is 6.15. The van der Waals surface area contributed by atoms with Crippen LogP contribution in [-0.4, -0.2) is 41.5 Å². The summed E-state index contributed by atoms with van der Waals surface area (Å²) in [7, 11) is 3.50. The van der Waals surface area contributed by atoms with Crippen LogP contribution in [0.1, 0.15) is 29.5 Å². The van der Waals surface area contributed by atoms with Crippen molar-refractivity contribution in [2.45, 2.75) is 20.3 Å². The predicted octanol–water partition coefficient (Wildman–Crippen LogP) is 0.813. The third-order valence-corrected chi connectivity index (χ3v) is 1.95. The molecule has 0 saturated carbocycles. The Labute approximate surface area is 101 Å². The Bertz CT molecular complexity index is 391. The lowest BCUT2D eigenvalue weighted by Crippen LogP contribution is -2.36. The lowest BCUT2D eigenvalue weighted by Gasteiger charge is -2.12. The van der Waals surface area contributed by atoms with E-state index < -0.39 is 0 Å². The highest BCUT2D eigenvalue weighted by atomic mass is 16.2. The molecule has 1 rings (SSSR count). The number of aromatic nitrogens is 2. The van der Waals surface area contributed by atoms with Crippen LogP contribution in [0.2, 0.25) is 0 Å². The second-order valence-electron chi connectivity index (χ2n) is 3.98. The Kier molecular flexibility index (Phi) is 4.84. The van der Waals surface area contributed by atoms with Crippen LogP contribution in [0, 0.1) is 6.92 Å². The van der Waals surface area contributed by atoms with Crippen LogP contribution in [0.5, 0.6) is 0 Å². The Morgan fingerprint density at radius 3 is 2.71 bits per heavy atom. The van der Waals surface area contributed by atoms with Crippen molar-refractivity contribution in [3.05, 3.63) is 17.5 Å². The molecule has 17 heavy (non-hydrogen) atoms. The molecule has 0 saturated heterocycles. The zero-order valence-corrected chi connectivity index (χ0v) is 10.7. The van der Waals surface area contributed by atoms with Crippen molar-refractivity contribution in [1.29, 1.82) is 0 Å². The van der Waals surface area contributed by atoms with E-state index in [1.807, 2.05) is 6.92 Å². The van der Waals surface area contributed by atoms with E-state index in [0.717, 1.165) is 18.7 Å². The summed E-state index contributed by atoms with van der Waals surface area (Å²) in [6.07, 6.45) is 0.983. The maximum atomic E-state index is 11.8. The van der Waals surface area contributed by atoms with Crippen molar-refractivity contribution in [3.8, 4) is 0 Å². The van der Waals surface area contributed by atoms with Gasteiger partial charge in [-0.2, -0.15) is 0 Å². The van der Waals surface area contributed by atoms with Crippen LogP contribution in [0.25, 0.3) is 0 Å². The van der Waals surface area contributed by atoms with Crippen LogP contribution in [0.4, 0.5) is 5.95 Å². The van der Waals surface area contributed by atoms with Gasteiger partial charge in [0.15, 0.2) is 0 Å². The Morgan fingerprint density at radius 1 is 1.41 bits per heavy atom. The lowest BCUT2D eigenvalue weighted by molar-refractivity contribution is 0.0851. The molecule has 1 aromatic heterocycles.